The third kappa shape index (κ3) is 4.37. The summed E-state index contributed by atoms with van der Waals surface area (Å²) in [6.45, 7) is 4.50. The minimum absolute atomic E-state index is 0.711. The normalized spacial score (nSPS) is 18.0. The third-order valence-corrected chi connectivity index (χ3v) is 4.31. The van der Waals surface area contributed by atoms with Crippen LogP contribution in [-0.4, -0.2) is 25.8 Å². The van der Waals surface area contributed by atoms with Gasteiger partial charge >= 0.3 is 0 Å². The van der Waals surface area contributed by atoms with E-state index in [9.17, 15) is 0 Å². The fraction of sp³-hybridized carbons (Fsp3) is 0.667. The highest BCUT2D eigenvalue weighted by Crippen LogP contribution is 2.44. The van der Waals surface area contributed by atoms with E-state index in [1.165, 1.54) is 25.7 Å². The first-order chi connectivity index (χ1) is 10.4. The van der Waals surface area contributed by atoms with Gasteiger partial charge in [0, 0.05) is 12.6 Å². The predicted octanol–water partition coefficient (Wildman–Crippen LogP) is 3.63. The topological polar surface area (TPSA) is 30.5 Å². The molecule has 0 saturated heterocycles. The van der Waals surface area contributed by atoms with E-state index in [1.54, 1.807) is 0 Å². The van der Waals surface area contributed by atoms with Crippen LogP contribution < -0.4 is 14.8 Å². The molecule has 2 saturated carbocycles. The second-order valence-corrected chi connectivity index (χ2v) is 6.30. The van der Waals surface area contributed by atoms with Crippen molar-refractivity contribution in [1.29, 1.82) is 0 Å². The molecule has 0 bridgehead atoms. The van der Waals surface area contributed by atoms with Gasteiger partial charge in [-0.15, -0.1) is 0 Å². The van der Waals surface area contributed by atoms with Crippen molar-refractivity contribution in [2.45, 2.75) is 45.1 Å². The molecule has 3 heteroatoms. The number of para-hydroxylation sites is 2. The van der Waals surface area contributed by atoms with Crippen LogP contribution in [0.4, 0.5) is 0 Å². The van der Waals surface area contributed by atoms with Gasteiger partial charge in [-0.2, -0.15) is 0 Å². The van der Waals surface area contributed by atoms with Crippen LogP contribution in [0.3, 0.4) is 0 Å². The van der Waals surface area contributed by atoms with Crippen molar-refractivity contribution >= 4 is 0 Å². The van der Waals surface area contributed by atoms with Gasteiger partial charge in [-0.05, 0) is 56.1 Å². The van der Waals surface area contributed by atoms with Gasteiger partial charge in [-0.25, -0.2) is 0 Å². The van der Waals surface area contributed by atoms with E-state index in [1.807, 2.05) is 24.3 Å². The molecule has 0 amide bonds. The molecule has 0 heterocycles. The van der Waals surface area contributed by atoms with Crippen molar-refractivity contribution in [2.24, 2.45) is 11.8 Å². The van der Waals surface area contributed by atoms with Gasteiger partial charge in [-0.3, -0.25) is 0 Å². The Hall–Kier alpha value is -1.22. The Morgan fingerprint density at radius 3 is 2.10 bits per heavy atom. The molecule has 21 heavy (non-hydrogen) atoms. The highest BCUT2D eigenvalue weighted by molar-refractivity contribution is 5.39. The average molecular weight is 289 g/mol. The molecule has 3 rings (SSSR count). The number of hydrogen-bond acceptors (Lipinski definition) is 3. The number of ether oxygens (including phenoxy) is 2. The highest BCUT2D eigenvalue weighted by Gasteiger charge is 2.40. The van der Waals surface area contributed by atoms with Crippen molar-refractivity contribution in [2.75, 3.05) is 19.8 Å². The molecule has 1 N–H and O–H groups in total. The Kier molecular flexibility index (Phi) is 5.02. The van der Waals surface area contributed by atoms with Crippen molar-refractivity contribution in [3.05, 3.63) is 24.3 Å². The van der Waals surface area contributed by atoms with Gasteiger partial charge in [0.1, 0.15) is 6.61 Å². The Labute approximate surface area is 128 Å². The van der Waals surface area contributed by atoms with Crippen molar-refractivity contribution < 1.29 is 9.47 Å². The summed E-state index contributed by atoms with van der Waals surface area (Å²) in [5.74, 6) is 3.61. The first kappa shape index (κ1) is 14.7. The summed E-state index contributed by atoms with van der Waals surface area (Å²) >= 11 is 0. The molecule has 0 unspecified atom stereocenters. The summed E-state index contributed by atoms with van der Waals surface area (Å²) in [6, 6.07) is 8.71. The monoisotopic (exact) mass is 289 g/mol. The molecule has 1 aromatic rings. The van der Waals surface area contributed by atoms with Gasteiger partial charge in [0.05, 0.1) is 6.61 Å². The van der Waals surface area contributed by atoms with E-state index in [2.05, 4.69) is 12.2 Å². The Balaban J connectivity index is 1.42. The lowest BCUT2D eigenvalue weighted by Crippen LogP contribution is -2.36. The lowest BCUT2D eigenvalue weighted by atomic mass is 10.1. The maximum absolute atomic E-state index is 5.90. The minimum Gasteiger partial charge on any atom is -0.490 e. The van der Waals surface area contributed by atoms with E-state index in [-0.39, 0.29) is 0 Å². The smallest absolute Gasteiger partial charge is 0.161 e. The summed E-state index contributed by atoms with van der Waals surface area (Å²) < 4.78 is 11.6. The van der Waals surface area contributed by atoms with Crippen molar-refractivity contribution in [3.63, 3.8) is 0 Å². The lowest BCUT2D eigenvalue weighted by Gasteiger charge is -2.18. The van der Waals surface area contributed by atoms with Crippen LogP contribution in [0.25, 0.3) is 0 Å². The van der Waals surface area contributed by atoms with Gasteiger partial charge < -0.3 is 14.8 Å². The van der Waals surface area contributed by atoms with Crippen LogP contribution in [0.5, 0.6) is 11.5 Å². The fourth-order valence-corrected chi connectivity index (χ4v) is 2.92. The standard InChI is InChI=1S/C18H27NO2/c1-2-12-20-16-5-3-4-6-17(16)21-13-11-19-18(14-7-8-14)15-9-10-15/h3-6,14-15,18-19H,2,7-13H2,1H3. The summed E-state index contributed by atoms with van der Waals surface area (Å²) in [5.41, 5.74) is 0. The number of benzene rings is 1. The largest absolute Gasteiger partial charge is 0.490 e. The summed E-state index contributed by atoms with van der Waals surface area (Å²) in [5, 5.41) is 3.71. The molecule has 0 spiro atoms. The minimum atomic E-state index is 0.711. The zero-order chi connectivity index (χ0) is 14.5. The molecule has 0 aliphatic heterocycles. The number of nitrogens with one attached hydrogen (secondary N) is 1. The molecule has 2 fully saturated rings. The van der Waals surface area contributed by atoms with E-state index in [0.717, 1.165) is 48.9 Å². The number of hydrogen-bond donors (Lipinski definition) is 1. The molecule has 116 valence electrons. The summed E-state index contributed by atoms with van der Waals surface area (Å²) in [4.78, 5) is 0. The van der Waals surface area contributed by atoms with E-state index in [0.29, 0.717) is 6.61 Å². The zero-order valence-corrected chi connectivity index (χ0v) is 13.0. The molecule has 0 aromatic heterocycles. The average Bonchev–Trinajstić information content (AvgIpc) is 3.39. The maximum atomic E-state index is 5.90. The molecular formula is C18H27NO2. The zero-order valence-electron chi connectivity index (χ0n) is 13.0. The summed E-state index contributed by atoms with van der Waals surface area (Å²) in [6.07, 6.45) is 6.69. The van der Waals surface area contributed by atoms with Gasteiger partial charge in [0.2, 0.25) is 0 Å². The first-order valence-corrected chi connectivity index (χ1v) is 8.46. The molecular weight excluding hydrogens is 262 g/mol. The van der Waals surface area contributed by atoms with Crippen LogP contribution in [-0.2, 0) is 0 Å². The van der Waals surface area contributed by atoms with Gasteiger partial charge in [0.15, 0.2) is 11.5 Å². The van der Waals surface area contributed by atoms with E-state index in [4.69, 9.17) is 9.47 Å². The molecule has 0 atom stereocenters. The molecule has 2 aliphatic carbocycles. The van der Waals surface area contributed by atoms with Crippen LogP contribution in [0, 0.1) is 11.8 Å². The summed E-state index contributed by atoms with van der Waals surface area (Å²) in [7, 11) is 0. The lowest BCUT2D eigenvalue weighted by molar-refractivity contribution is 0.260. The van der Waals surface area contributed by atoms with Crippen molar-refractivity contribution in [1.82, 2.24) is 5.32 Å². The van der Waals surface area contributed by atoms with Gasteiger partial charge in [-0.1, -0.05) is 19.1 Å². The molecule has 0 radical (unpaired) electrons. The first-order valence-electron chi connectivity index (χ1n) is 8.46. The van der Waals surface area contributed by atoms with E-state index >= 15 is 0 Å². The van der Waals surface area contributed by atoms with Crippen LogP contribution in [0.2, 0.25) is 0 Å². The maximum Gasteiger partial charge on any atom is 0.161 e. The molecule has 1 aromatic carbocycles. The molecule has 2 aliphatic rings. The van der Waals surface area contributed by atoms with Gasteiger partial charge in [0.25, 0.3) is 0 Å². The SMILES string of the molecule is CCCOc1ccccc1OCCNC(C1CC1)C1CC1. The van der Waals surface area contributed by atoms with E-state index < -0.39 is 0 Å². The fourth-order valence-electron chi connectivity index (χ4n) is 2.92. The predicted molar refractivity (Wildman–Crippen MR) is 85.0 cm³/mol. The number of rotatable bonds is 10. The molecule has 3 nitrogen and oxygen atoms in total. The van der Waals surface area contributed by atoms with Crippen molar-refractivity contribution in [3.8, 4) is 11.5 Å². The highest BCUT2D eigenvalue weighted by atomic mass is 16.5. The second kappa shape index (κ2) is 7.17. The van der Waals surface area contributed by atoms with Crippen LogP contribution >= 0.6 is 0 Å². The Morgan fingerprint density at radius 1 is 1.00 bits per heavy atom. The van der Waals surface area contributed by atoms with Crippen LogP contribution in [0.1, 0.15) is 39.0 Å². The quantitative estimate of drug-likeness (QED) is 0.667. The Morgan fingerprint density at radius 2 is 1.57 bits per heavy atom. The second-order valence-electron chi connectivity index (χ2n) is 6.30. The van der Waals surface area contributed by atoms with Crippen LogP contribution in [0.15, 0.2) is 24.3 Å². The Bertz CT molecular complexity index is 429. The third-order valence-electron chi connectivity index (χ3n) is 4.31.